The van der Waals surface area contributed by atoms with Gasteiger partial charge in [-0.25, -0.2) is 4.39 Å². The number of rotatable bonds is 4. The Morgan fingerprint density at radius 2 is 1.95 bits per heavy atom. The highest BCUT2D eigenvalue weighted by Crippen LogP contribution is 2.53. The molecule has 0 amide bonds. The van der Waals surface area contributed by atoms with Crippen molar-refractivity contribution in [1.29, 1.82) is 0 Å². The fraction of sp³-hybridized carbons (Fsp3) is 0.533. The first-order valence-corrected chi connectivity index (χ1v) is 13.3. The van der Waals surface area contributed by atoms with Crippen LogP contribution in [0.4, 0.5) is 17.6 Å². The number of fused-ring (bicyclic) bond motifs is 2. The van der Waals surface area contributed by atoms with Gasteiger partial charge in [-0.2, -0.15) is 13.2 Å². The fourth-order valence-corrected chi connectivity index (χ4v) is 7.39. The van der Waals surface area contributed by atoms with Crippen molar-refractivity contribution >= 4 is 6.08 Å². The van der Waals surface area contributed by atoms with Crippen LogP contribution in [-0.2, 0) is 27.7 Å². The molecule has 1 saturated carbocycles. The number of piperidine rings is 1. The van der Waals surface area contributed by atoms with Gasteiger partial charge in [0.15, 0.2) is 6.29 Å². The zero-order chi connectivity index (χ0) is 25.8. The summed E-state index contributed by atoms with van der Waals surface area (Å²) in [6.07, 6.45) is 4.60. The molecule has 5 atom stereocenters. The van der Waals surface area contributed by atoms with E-state index in [4.69, 9.17) is 9.47 Å². The molecule has 0 bridgehead atoms. The number of ether oxygens (including phenoxy) is 2. The van der Waals surface area contributed by atoms with E-state index in [2.05, 4.69) is 48.2 Å². The van der Waals surface area contributed by atoms with Crippen LogP contribution in [0.5, 0.6) is 0 Å². The second-order valence-electron chi connectivity index (χ2n) is 11.5. The van der Waals surface area contributed by atoms with Gasteiger partial charge in [0, 0.05) is 23.4 Å². The summed E-state index contributed by atoms with van der Waals surface area (Å²) in [4.78, 5) is 2.64. The molecule has 1 unspecified atom stereocenters. The molecule has 2 heterocycles. The van der Waals surface area contributed by atoms with Gasteiger partial charge in [-0.3, -0.25) is 0 Å². The molecule has 4 aliphatic rings. The van der Waals surface area contributed by atoms with E-state index in [1.165, 1.54) is 11.1 Å². The first kappa shape index (κ1) is 25.1. The lowest BCUT2D eigenvalue weighted by Crippen LogP contribution is -2.50. The molecule has 3 fully saturated rings. The van der Waals surface area contributed by atoms with Crippen LogP contribution in [0.2, 0.25) is 0 Å². The third-order valence-electron chi connectivity index (χ3n) is 9.41. The Balaban J connectivity index is 1.11. The molecule has 2 aromatic rings. The van der Waals surface area contributed by atoms with Crippen molar-refractivity contribution in [2.24, 2.45) is 11.3 Å². The minimum Gasteiger partial charge on any atom is -0.352 e. The van der Waals surface area contributed by atoms with Gasteiger partial charge in [-0.1, -0.05) is 43.3 Å². The topological polar surface area (TPSA) is 21.7 Å². The van der Waals surface area contributed by atoms with Gasteiger partial charge in [0.1, 0.15) is 5.82 Å². The summed E-state index contributed by atoms with van der Waals surface area (Å²) in [5.41, 5.74) is 1.95. The number of nitrogens with zero attached hydrogens (tertiary/aromatic N) is 1. The van der Waals surface area contributed by atoms with E-state index in [1.807, 2.05) is 0 Å². The zero-order valence-electron chi connectivity index (χ0n) is 21.1. The molecule has 0 radical (unpaired) electrons. The first-order chi connectivity index (χ1) is 17.7. The maximum Gasteiger partial charge on any atom is 0.416 e. The molecule has 198 valence electrons. The summed E-state index contributed by atoms with van der Waals surface area (Å²) in [6.45, 7) is 4.92. The molecule has 2 spiro atoms. The number of benzene rings is 2. The van der Waals surface area contributed by atoms with Gasteiger partial charge < -0.3 is 14.4 Å². The molecular weight excluding hydrogens is 482 g/mol. The van der Waals surface area contributed by atoms with Crippen molar-refractivity contribution in [2.45, 2.75) is 69.6 Å². The SMILES string of the molecule is C[C@H]1CN([C@@H]2CC[C@@]3(CCO[C@H]3OCc3cc(F)cc(C(F)(F)F)c3)C2)CCC12C=Cc1ccccc12. The Morgan fingerprint density at radius 1 is 1.11 bits per heavy atom. The Labute approximate surface area is 215 Å². The maximum atomic E-state index is 13.8. The molecule has 6 rings (SSSR count). The number of likely N-dealkylation sites (tertiary alicyclic amines) is 1. The highest BCUT2D eigenvalue weighted by Gasteiger charge is 2.52. The highest BCUT2D eigenvalue weighted by atomic mass is 19.4. The lowest BCUT2D eigenvalue weighted by atomic mass is 9.67. The number of hydrogen-bond acceptors (Lipinski definition) is 3. The normalized spacial score (nSPS) is 33.6. The third kappa shape index (κ3) is 4.43. The molecule has 3 nitrogen and oxygen atoms in total. The summed E-state index contributed by atoms with van der Waals surface area (Å²) >= 11 is 0. The fourth-order valence-electron chi connectivity index (χ4n) is 7.39. The van der Waals surface area contributed by atoms with E-state index in [0.717, 1.165) is 57.3 Å². The van der Waals surface area contributed by atoms with Crippen molar-refractivity contribution in [3.63, 3.8) is 0 Å². The molecule has 37 heavy (non-hydrogen) atoms. The molecule has 0 N–H and O–H groups in total. The predicted octanol–water partition coefficient (Wildman–Crippen LogP) is 6.95. The van der Waals surface area contributed by atoms with Gasteiger partial charge in [-0.15, -0.1) is 0 Å². The predicted molar refractivity (Wildman–Crippen MR) is 133 cm³/mol. The molecule has 2 aromatic carbocycles. The van der Waals surface area contributed by atoms with Crippen molar-refractivity contribution in [3.05, 3.63) is 76.6 Å². The van der Waals surface area contributed by atoms with Crippen LogP contribution in [0, 0.1) is 17.2 Å². The smallest absolute Gasteiger partial charge is 0.352 e. The highest BCUT2D eigenvalue weighted by molar-refractivity contribution is 5.65. The van der Waals surface area contributed by atoms with Crippen LogP contribution < -0.4 is 0 Å². The Morgan fingerprint density at radius 3 is 2.76 bits per heavy atom. The Kier molecular flexibility index (Phi) is 6.24. The van der Waals surface area contributed by atoms with Gasteiger partial charge in [-0.05, 0) is 79.5 Å². The standard InChI is InChI=1S/C30H33F4NO2/c1-20-18-35(12-10-29(20)9-6-22-4-2-3-5-26(22)29)25-7-8-28(17-25)11-13-36-27(28)37-19-21-14-23(30(32,33)34)16-24(31)15-21/h2-6,9,14-16,20,25,27H,7-8,10-13,17-19H2,1H3/t20-,25+,27-,28+,29?/m0/s1. The van der Waals surface area contributed by atoms with Crippen LogP contribution in [0.15, 0.2) is 48.5 Å². The number of alkyl halides is 3. The third-order valence-corrected chi connectivity index (χ3v) is 9.41. The van der Waals surface area contributed by atoms with Crippen molar-refractivity contribution < 1.29 is 27.0 Å². The van der Waals surface area contributed by atoms with E-state index < -0.39 is 23.8 Å². The quantitative estimate of drug-likeness (QED) is 0.411. The minimum absolute atomic E-state index is 0.104. The summed E-state index contributed by atoms with van der Waals surface area (Å²) in [6, 6.07) is 11.8. The molecule has 2 aliphatic carbocycles. The van der Waals surface area contributed by atoms with Crippen LogP contribution in [-0.4, -0.2) is 36.9 Å². The van der Waals surface area contributed by atoms with Crippen LogP contribution in [0.25, 0.3) is 6.08 Å². The van der Waals surface area contributed by atoms with Gasteiger partial charge in [0.05, 0.1) is 18.8 Å². The molecular formula is C30H33F4NO2. The summed E-state index contributed by atoms with van der Waals surface area (Å²) in [7, 11) is 0. The zero-order valence-corrected chi connectivity index (χ0v) is 21.1. The van der Waals surface area contributed by atoms with Gasteiger partial charge in [0.2, 0.25) is 0 Å². The number of allylic oxidation sites excluding steroid dienone is 1. The molecule has 0 aromatic heterocycles. The Bertz CT molecular complexity index is 1200. The van der Waals surface area contributed by atoms with E-state index in [9.17, 15) is 17.6 Å². The maximum absolute atomic E-state index is 13.8. The lowest BCUT2D eigenvalue weighted by molar-refractivity contribution is -0.167. The van der Waals surface area contributed by atoms with Crippen LogP contribution in [0.3, 0.4) is 0 Å². The van der Waals surface area contributed by atoms with Crippen molar-refractivity contribution in [2.75, 3.05) is 19.7 Å². The number of halogens is 4. The van der Waals surface area contributed by atoms with Crippen molar-refractivity contribution in [3.8, 4) is 0 Å². The molecule has 7 heteroatoms. The largest absolute Gasteiger partial charge is 0.416 e. The minimum atomic E-state index is -4.60. The molecule has 2 saturated heterocycles. The van der Waals surface area contributed by atoms with E-state index >= 15 is 0 Å². The number of hydrogen-bond donors (Lipinski definition) is 0. The Hall–Kier alpha value is -2.22. The monoisotopic (exact) mass is 515 g/mol. The average molecular weight is 516 g/mol. The van der Waals surface area contributed by atoms with Gasteiger partial charge >= 0.3 is 6.18 Å². The van der Waals surface area contributed by atoms with Gasteiger partial charge in [0.25, 0.3) is 0 Å². The summed E-state index contributed by atoms with van der Waals surface area (Å²) in [5.74, 6) is -0.409. The van der Waals surface area contributed by atoms with Crippen LogP contribution >= 0.6 is 0 Å². The average Bonchev–Trinajstić information content (AvgIpc) is 3.58. The van der Waals surface area contributed by atoms with Crippen LogP contribution in [0.1, 0.15) is 61.3 Å². The summed E-state index contributed by atoms with van der Waals surface area (Å²) in [5, 5.41) is 0. The van der Waals surface area contributed by atoms with E-state index in [0.29, 0.717) is 24.6 Å². The van der Waals surface area contributed by atoms with E-state index in [-0.39, 0.29) is 23.0 Å². The second-order valence-corrected chi connectivity index (χ2v) is 11.5. The lowest BCUT2D eigenvalue weighted by Gasteiger charge is -2.46. The molecule has 2 aliphatic heterocycles. The van der Waals surface area contributed by atoms with Crippen molar-refractivity contribution in [1.82, 2.24) is 4.90 Å². The first-order valence-electron chi connectivity index (χ1n) is 13.3. The van der Waals surface area contributed by atoms with E-state index in [1.54, 1.807) is 0 Å². The summed E-state index contributed by atoms with van der Waals surface area (Å²) < 4.78 is 65.1. The second kappa shape index (κ2) is 9.21.